The molecule has 0 saturated carbocycles. The lowest BCUT2D eigenvalue weighted by molar-refractivity contribution is 0.348. The Morgan fingerprint density at radius 3 is 1.08 bits per heavy atom. The van der Waals surface area contributed by atoms with E-state index in [1.54, 1.807) is 0 Å². The van der Waals surface area contributed by atoms with Gasteiger partial charge in [0.15, 0.2) is 11.5 Å². The number of hydrogen-bond donors (Lipinski definition) is 6. The van der Waals surface area contributed by atoms with Gasteiger partial charge in [-0.25, -0.2) is 0 Å². The van der Waals surface area contributed by atoms with E-state index in [0.29, 0.717) is 0 Å². The molecule has 0 unspecified atom stereocenters. The van der Waals surface area contributed by atoms with Crippen molar-refractivity contribution in [3.63, 3.8) is 0 Å². The van der Waals surface area contributed by atoms with Crippen molar-refractivity contribution in [2.45, 2.75) is 0 Å². The smallest absolute Gasteiger partial charge is 0.206 e. The molecule has 0 bridgehead atoms. The second kappa shape index (κ2) is 2.26. The van der Waals surface area contributed by atoms with Crippen LogP contribution in [0.3, 0.4) is 0 Å². The molecule has 0 heterocycles. The maximum absolute atomic E-state index is 8.97. The van der Waals surface area contributed by atoms with E-state index in [2.05, 4.69) is 0 Å². The predicted octanol–water partition coefficient (Wildman–Crippen LogP) is -0.327. The fraction of sp³-hybridized carbons (Fsp3) is 0. The van der Waals surface area contributed by atoms with Crippen molar-refractivity contribution in [3.05, 3.63) is 0 Å². The van der Waals surface area contributed by atoms with E-state index >= 15 is 0 Å². The lowest BCUT2D eigenvalue weighted by Crippen LogP contribution is -1.95. The topological polar surface area (TPSA) is 133 Å². The van der Waals surface area contributed by atoms with Gasteiger partial charge in [-0.1, -0.05) is 0 Å². The molecule has 6 heteroatoms. The number of hydrogen-bond acceptors (Lipinski definition) is 6. The summed E-state index contributed by atoms with van der Waals surface area (Å²) in [6.45, 7) is 0. The number of nitrogen functional groups attached to an aromatic ring is 2. The molecule has 1 rings (SSSR count). The molecule has 0 aliphatic rings. The Kier molecular flexibility index (Phi) is 1.53. The Hall–Kier alpha value is -1.98. The highest BCUT2D eigenvalue weighted by Crippen LogP contribution is 2.50. The van der Waals surface area contributed by atoms with Crippen molar-refractivity contribution < 1.29 is 20.4 Å². The highest BCUT2D eigenvalue weighted by Gasteiger charge is 2.19. The van der Waals surface area contributed by atoms with Gasteiger partial charge in [0, 0.05) is 0 Å². The number of aromatic hydroxyl groups is 4. The highest BCUT2D eigenvalue weighted by molar-refractivity contribution is 5.84. The minimum atomic E-state index is -0.890. The van der Waals surface area contributed by atoms with Crippen LogP contribution in [0.5, 0.6) is 23.0 Å². The molecule has 0 aliphatic heterocycles. The molecule has 0 fully saturated rings. The van der Waals surface area contributed by atoms with Gasteiger partial charge < -0.3 is 31.9 Å². The van der Waals surface area contributed by atoms with Crippen LogP contribution in [0.4, 0.5) is 11.4 Å². The van der Waals surface area contributed by atoms with Crippen molar-refractivity contribution in [2.75, 3.05) is 11.5 Å². The monoisotopic (exact) mass is 172 g/mol. The van der Waals surface area contributed by atoms with Gasteiger partial charge in [-0.3, -0.25) is 0 Å². The summed E-state index contributed by atoms with van der Waals surface area (Å²) in [4.78, 5) is 0. The average molecular weight is 172 g/mol. The third kappa shape index (κ3) is 0.815. The molecule has 1 aromatic rings. The van der Waals surface area contributed by atoms with Crippen LogP contribution in [0, 0.1) is 0 Å². The van der Waals surface area contributed by atoms with E-state index in [9.17, 15) is 0 Å². The van der Waals surface area contributed by atoms with Gasteiger partial charge in [-0.05, 0) is 0 Å². The number of phenols is 4. The maximum Gasteiger partial charge on any atom is 0.206 e. The summed E-state index contributed by atoms with van der Waals surface area (Å²) < 4.78 is 0. The van der Waals surface area contributed by atoms with Crippen molar-refractivity contribution >= 4 is 11.4 Å². The molecule has 0 atom stereocenters. The summed E-state index contributed by atoms with van der Waals surface area (Å²) in [6, 6.07) is 0. The van der Waals surface area contributed by atoms with Crippen LogP contribution < -0.4 is 11.5 Å². The molecular formula is C6H8N2O4. The summed E-state index contributed by atoms with van der Waals surface area (Å²) in [7, 11) is 0. The number of benzene rings is 1. The van der Waals surface area contributed by atoms with E-state index in [4.69, 9.17) is 31.9 Å². The molecule has 0 spiro atoms. The maximum atomic E-state index is 8.97. The predicted molar refractivity (Wildman–Crippen MR) is 41.9 cm³/mol. The van der Waals surface area contributed by atoms with E-state index < -0.39 is 23.0 Å². The molecular weight excluding hydrogens is 164 g/mol. The van der Waals surface area contributed by atoms with E-state index in [1.807, 2.05) is 0 Å². The van der Waals surface area contributed by atoms with Gasteiger partial charge >= 0.3 is 0 Å². The lowest BCUT2D eigenvalue weighted by atomic mass is 10.2. The molecule has 0 amide bonds. The van der Waals surface area contributed by atoms with Gasteiger partial charge in [0.1, 0.15) is 11.4 Å². The summed E-state index contributed by atoms with van der Waals surface area (Å²) >= 11 is 0. The third-order valence-electron chi connectivity index (χ3n) is 1.47. The normalized spacial score (nSPS) is 10.0. The Morgan fingerprint density at radius 2 is 0.833 bits per heavy atom. The highest BCUT2D eigenvalue weighted by atomic mass is 16.3. The standard InChI is InChI=1S/C6H8N2O4/c7-1-2(8)4(10)6(12)5(11)3(1)9/h9-12H,7-8H2. The summed E-state index contributed by atoms with van der Waals surface area (Å²) in [5.41, 5.74) is 9.55. The summed E-state index contributed by atoms with van der Waals surface area (Å²) in [6.07, 6.45) is 0. The zero-order valence-corrected chi connectivity index (χ0v) is 5.94. The second-order valence-electron chi connectivity index (χ2n) is 2.22. The van der Waals surface area contributed by atoms with Crippen LogP contribution in [0.2, 0.25) is 0 Å². The Balaban J connectivity index is 3.60. The van der Waals surface area contributed by atoms with E-state index in [-0.39, 0.29) is 11.4 Å². The molecule has 66 valence electrons. The SMILES string of the molecule is Nc1c(N)c(O)c(O)c(O)c1O. The zero-order chi connectivity index (χ0) is 9.46. The van der Waals surface area contributed by atoms with E-state index in [1.165, 1.54) is 0 Å². The average Bonchev–Trinajstić information content (AvgIpc) is 2.08. The minimum absolute atomic E-state index is 0.372. The first-order valence-electron chi connectivity index (χ1n) is 2.97. The molecule has 6 nitrogen and oxygen atoms in total. The molecule has 0 aliphatic carbocycles. The largest absolute Gasteiger partial charge is 0.503 e. The van der Waals surface area contributed by atoms with Crippen molar-refractivity contribution in [2.24, 2.45) is 0 Å². The van der Waals surface area contributed by atoms with Crippen LogP contribution in [0.25, 0.3) is 0 Å². The number of phenolic OH excluding ortho intramolecular Hbond substituents is 4. The molecule has 12 heavy (non-hydrogen) atoms. The lowest BCUT2D eigenvalue weighted by Gasteiger charge is -2.08. The Bertz CT molecular complexity index is 232. The van der Waals surface area contributed by atoms with Gasteiger partial charge in [-0.15, -0.1) is 0 Å². The molecule has 8 N–H and O–H groups in total. The van der Waals surface area contributed by atoms with Gasteiger partial charge in [0.2, 0.25) is 11.5 Å². The first-order valence-corrected chi connectivity index (χ1v) is 2.97. The van der Waals surface area contributed by atoms with Crippen molar-refractivity contribution in [1.82, 2.24) is 0 Å². The third-order valence-corrected chi connectivity index (χ3v) is 1.47. The summed E-state index contributed by atoms with van der Waals surface area (Å²) in [5.74, 6) is -3.27. The van der Waals surface area contributed by atoms with Gasteiger partial charge in [0.05, 0.1) is 0 Å². The van der Waals surface area contributed by atoms with Crippen LogP contribution in [-0.4, -0.2) is 20.4 Å². The fourth-order valence-electron chi connectivity index (χ4n) is 0.735. The Labute approximate surface area is 67.3 Å². The molecule has 0 aromatic heterocycles. The van der Waals surface area contributed by atoms with Crippen LogP contribution in [-0.2, 0) is 0 Å². The van der Waals surface area contributed by atoms with Crippen molar-refractivity contribution in [3.8, 4) is 23.0 Å². The van der Waals surface area contributed by atoms with Crippen LogP contribution >= 0.6 is 0 Å². The van der Waals surface area contributed by atoms with Crippen LogP contribution in [0.15, 0.2) is 0 Å². The molecule has 0 saturated heterocycles. The quantitative estimate of drug-likeness (QED) is 0.180. The number of rotatable bonds is 0. The van der Waals surface area contributed by atoms with Crippen molar-refractivity contribution in [1.29, 1.82) is 0 Å². The number of anilines is 2. The second-order valence-corrected chi connectivity index (χ2v) is 2.22. The summed E-state index contributed by atoms with van der Waals surface area (Å²) in [5, 5.41) is 35.7. The van der Waals surface area contributed by atoms with E-state index in [0.717, 1.165) is 0 Å². The van der Waals surface area contributed by atoms with Crippen LogP contribution in [0.1, 0.15) is 0 Å². The minimum Gasteiger partial charge on any atom is -0.503 e. The van der Waals surface area contributed by atoms with Gasteiger partial charge in [-0.2, -0.15) is 0 Å². The number of nitrogens with two attached hydrogens (primary N) is 2. The zero-order valence-electron chi connectivity index (χ0n) is 5.94. The Morgan fingerprint density at radius 1 is 0.583 bits per heavy atom. The molecule has 1 aromatic carbocycles. The first-order chi connectivity index (χ1) is 5.46. The first kappa shape index (κ1) is 8.12. The molecule has 0 radical (unpaired) electrons. The van der Waals surface area contributed by atoms with Gasteiger partial charge in [0.25, 0.3) is 0 Å². The fourth-order valence-corrected chi connectivity index (χ4v) is 0.735.